The zero-order valence-electron chi connectivity index (χ0n) is 15.5. The van der Waals surface area contributed by atoms with Crippen LogP contribution in [0, 0.1) is 0 Å². The van der Waals surface area contributed by atoms with Gasteiger partial charge in [-0.05, 0) is 31.9 Å². The summed E-state index contributed by atoms with van der Waals surface area (Å²) in [7, 11) is 0. The van der Waals surface area contributed by atoms with E-state index in [9.17, 15) is 19.2 Å². The molecule has 28 heavy (non-hydrogen) atoms. The van der Waals surface area contributed by atoms with Crippen LogP contribution in [-0.2, 0) is 14.4 Å². The first-order valence-corrected chi connectivity index (χ1v) is 9.42. The molecule has 1 atom stereocenters. The van der Waals surface area contributed by atoms with Crippen molar-refractivity contribution in [2.45, 2.75) is 44.7 Å². The number of imide groups is 2. The molecule has 2 aromatic rings. The third-order valence-corrected chi connectivity index (χ3v) is 5.32. The van der Waals surface area contributed by atoms with Crippen molar-refractivity contribution in [1.29, 1.82) is 0 Å². The van der Waals surface area contributed by atoms with Crippen molar-refractivity contribution >= 4 is 34.7 Å². The van der Waals surface area contributed by atoms with Crippen LogP contribution in [0.25, 0.3) is 11.0 Å². The van der Waals surface area contributed by atoms with Crippen molar-refractivity contribution in [2.24, 2.45) is 0 Å². The summed E-state index contributed by atoms with van der Waals surface area (Å²) in [6.45, 7) is 1.26. The van der Waals surface area contributed by atoms with E-state index in [1.807, 2.05) is 30.3 Å². The Labute approximate surface area is 161 Å². The maximum Gasteiger partial charge on any atom is 0.334 e. The van der Waals surface area contributed by atoms with E-state index in [1.165, 1.54) is 0 Å². The predicted octanol–water partition coefficient (Wildman–Crippen LogP) is 2.34. The topological polar surface area (TPSA) is 99.9 Å². The lowest BCUT2D eigenvalue weighted by Gasteiger charge is -2.21. The van der Waals surface area contributed by atoms with Gasteiger partial charge in [-0.1, -0.05) is 31.0 Å². The monoisotopic (exact) mass is 383 g/mol. The Hall–Kier alpha value is -3.16. The molecule has 8 nitrogen and oxygen atoms in total. The molecule has 4 rings (SSSR count). The zero-order chi connectivity index (χ0) is 19.8. The molecular weight excluding hydrogens is 362 g/mol. The minimum absolute atomic E-state index is 0.244. The molecule has 0 bridgehead atoms. The number of furan rings is 1. The number of nitrogens with zero attached hydrogens (tertiary/aromatic N) is 2. The number of para-hydroxylation sites is 1. The summed E-state index contributed by atoms with van der Waals surface area (Å²) >= 11 is 0. The standard InChI is InChI=1S/C20H21N3O5/c1-12(16-10-13-6-2-5-9-15(13)28-16)21-17(24)11-22-18(25)19(26)23(20(22)27)14-7-3-4-8-14/h2,5-6,9-10,12,14H,3-4,7-8,11H2,1H3,(H,21,24)/t12-/m0/s1. The molecule has 8 heteroatoms. The summed E-state index contributed by atoms with van der Waals surface area (Å²) in [5, 5.41) is 3.63. The highest BCUT2D eigenvalue weighted by atomic mass is 16.3. The first kappa shape index (κ1) is 18.2. The Bertz CT molecular complexity index is 927. The Morgan fingerprint density at radius 3 is 2.61 bits per heavy atom. The number of hydrogen-bond acceptors (Lipinski definition) is 5. The van der Waals surface area contributed by atoms with Gasteiger partial charge < -0.3 is 9.73 Å². The fraction of sp³-hybridized carbons (Fsp3) is 0.400. The SMILES string of the molecule is C[C@H](NC(=O)CN1C(=O)C(=O)N(C2CCCC2)C1=O)c1cc2ccccc2o1. The molecule has 2 fully saturated rings. The number of carbonyl (C=O) groups is 4. The third kappa shape index (κ3) is 3.15. The smallest absolute Gasteiger partial charge is 0.334 e. The number of fused-ring (bicyclic) bond motifs is 1. The van der Waals surface area contributed by atoms with Gasteiger partial charge in [0.15, 0.2) is 0 Å². The number of carbonyl (C=O) groups excluding carboxylic acids is 4. The van der Waals surface area contributed by atoms with E-state index in [4.69, 9.17) is 4.42 Å². The number of amides is 5. The van der Waals surface area contributed by atoms with Crippen molar-refractivity contribution in [2.75, 3.05) is 6.54 Å². The predicted molar refractivity (Wildman–Crippen MR) is 99.0 cm³/mol. The summed E-state index contributed by atoms with van der Waals surface area (Å²) in [5.41, 5.74) is 0.710. The van der Waals surface area contributed by atoms with Crippen LogP contribution in [0.15, 0.2) is 34.7 Å². The van der Waals surface area contributed by atoms with Crippen LogP contribution < -0.4 is 5.32 Å². The second-order valence-corrected chi connectivity index (χ2v) is 7.26. The van der Waals surface area contributed by atoms with Gasteiger partial charge in [0.1, 0.15) is 17.9 Å². The van der Waals surface area contributed by atoms with Crippen molar-refractivity contribution in [1.82, 2.24) is 15.1 Å². The van der Waals surface area contributed by atoms with Gasteiger partial charge in [-0.15, -0.1) is 0 Å². The average Bonchev–Trinajstić information content (AvgIpc) is 3.38. The van der Waals surface area contributed by atoms with Gasteiger partial charge in [0, 0.05) is 11.4 Å². The molecule has 1 aliphatic carbocycles. The molecule has 1 aromatic carbocycles. The Balaban J connectivity index is 1.42. The highest BCUT2D eigenvalue weighted by molar-refractivity contribution is 6.45. The fourth-order valence-corrected chi connectivity index (χ4v) is 3.86. The minimum Gasteiger partial charge on any atom is -0.459 e. The molecule has 0 unspecified atom stereocenters. The second kappa shape index (κ2) is 7.10. The highest BCUT2D eigenvalue weighted by Crippen LogP contribution is 2.28. The summed E-state index contributed by atoms with van der Waals surface area (Å²) in [5.74, 6) is -1.74. The molecule has 2 aliphatic rings. The van der Waals surface area contributed by atoms with Crippen LogP contribution in [0.5, 0.6) is 0 Å². The molecule has 1 aromatic heterocycles. The molecule has 1 saturated heterocycles. The van der Waals surface area contributed by atoms with E-state index in [0.717, 1.165) is 28.0 Å². The summed E-state index contributed by atoms with van der Waals surface area (Å²) in [6.07, 6.45) is 3.25. The van der Waals surface area contributed by atoms with Gasteiger partial charge in [0.05, 0.1) is 6.04 Å². The van der Waals surface area contributed by atoms with Gasteiger partial charge in [-0.25, -0.2) is 9.69 Å². The Morgan fingerprint density at radius 1 is 1.18 bits per heavy atom. The van der Waals surface area contributed by atoms with E-state index in [0.29, 0.717) is 24.2 Å². The van der Waals surface area contributed by atoms with E-state index < -0.39 is 36.3 Å². The molecule has 1 aliphatic heterocycles. The minimum atomic E-state index is -0.941. The molecule has 1 saturated carbocycles. The Kier molecular flexibility index (Phi) is 4.62. The molecular formula is C20H21N3O5. The number of benzene rings is 1. The number of urea groups is 1. The van der Waals surface area contributed by atoms with Gasteiger partial charge in [0.2, 0.25) is 5.91 Å². The lowest BCUT2D eigenvalue weighted by Crippen LogP contribution is -2.43. The quantitative estimate of drug-likeness (QED) is 0.631. The maximum absolute atomic E-state index is 12.5. The van der Waals surface area contributed by atoms with Crippen LogP contribution in [-0.4, -0.2) is 46.1 Å². The number of rotatable bonds is 5. The zero-order valence-corrected chi connectivity index (χ0v) is 15.5. The normalized spacial score (nSPS) is 19.1. The van der Waals surface area contributed by atoms with Crippen molar-refractivity contribution in [3.63, 3.8) is 0 Å². The first-order valence-electron chi connectivity index (χ1n) is 9.42. The lowest BCUT2D eigenvalue weighted by atomic mass is 10.2. The van der Waals surface area contributed by atoms with E-state index in [-0.39, 0.29) is 6.04 Å². The summed E-state index contributed by atoms with van der Waals surface area (Å²) in [4.78, 5) is 51.1. The van der Waals surface area contributed by atoms with Gasteiger partial charge in [0.25, 0.3) is 0 Å². The molecule has 146 valence electrons. The molecule has 2 heterocycles. The van der Waals surface area contributed by atoms with E-state index in [1.54, 1.807) is 6.92 Å². The van der Waals surface area contributed by atoms with E-state index >= 15 is 0 Å². The van der Waals surface area contributed by atoms with Crippen LogP contribution in [0.1, 0.15) is 44.4 Å². The average molecular weight is 383 g/mol. The fourth-order valence-electron chi connectivity index (χ4n) is 3.86. The first-order chi connectivity index (χ1) is 13.5. The van der Waals surface area contributed by atoms with Crippen LogP contribution in [0.4, 0.5) is 4.79 Å². The molecule has 0 radical (unpaired) electrons. The van der Waals surface area contributed by atoms with E-state index in [2.05, 4.69) is 5.32 Å². The number of hydrogen-bond donors (Lipinski definition) is 1. The third-order valence-electron chi connectivity index (χ3n) is 5.32. The summed E-state index contributed by atoms with van der Waals surface area (Å²) in [6, 6.07) is 7.92. The molecule has 1 N–H and O–H groups in total. The number of nitrogens with one attached hydrogen (secondary N) is 1. The van der Waals surface area contributed by atoms with Crippen LogP contribution >= 0.6 is 0 Å². The van der Waals surface area contributed by atoms with Crippen LogP contribution in [0.2, 0.25) is 0 Å². The summed E-state index contributed by atoms with van der Waals surface area (Å²) < 4.78 is 5.72. The molecule has 0 spiro atoms. The maximum atomic E-state index is 12.5. The van der Waals surface area contributed by atoms with Gasteiger partial charge in [-0.2, -0.15) is 0 Å². The second-order valence-electron chi connectivity index (χ2n) is 7.26. The largest absolute Gasteiger partial charge is 0.459 e. The van der Waals surface area contributed by atoms with Crippen molar-refractivity contribution in [3.05, 3.63) is 36.1 Å². The Morgan fingerprint density at radius 2 is 1.89 bits per heavy atom. The van der Waals surface area contributed by atoms with Crippen LogP contribution in [0.3, 0.4) is 0 Å². The van der Waals surface area contributed by atoms with Crippen molar-refractivity contribution < 1.29 is 23.6 Å². The van der Waals surface area contributed by atoms with Crippen molar-refractivity contribution in [3.8, 4) is 0 Å². The molecule has 5 amide bonds. The van der Waals surface area contributed by atoms with Gasteiger partial charge >= 0.3 is 17.8 Å². The van der Waals surface area contributed by atoms with Gasteiger partial charge in [-0.3, -0.25) is 19.3 Å². The lowest BCUT2D eigenvalue weighted by molar-refractivity contribution is -0.144. The highest BCUT2D eigenvalue weighted by Gasteiger charge is 2.48.